The molecule has 6 nitrogen and oxygen atoms in total. The molecular weight excluding hydrogens is 380 g/mol. The minimum Gasteiger partial charge on any atom is -0.345 e. The Kier molecular flexibility index (Phi) is 11.6. The molecule has 0 spiro atoms. The van der Waals surface area contributed by atoms with E-state index in [9.17, 15) is 19.2 Å². The van der Waals surface area contributed by atoms with E-state index in [0.29, 0.717) is 12.8 Å². The van der Waals surface area contributed by atoms with Crippen LogP contribution in [0.25, 0.3) is 0 Å². The molecule has 3 atom stereocenters. The average Bonchev–Trinajstić information content (AvgIpc) is 2.72. The van der Waals surface area contributed by atoms with Crippen molar-refractivity contribution in [1.29, 1.82) is 0 Å². The Hall–Kier alpha value is -2.50. The summed E-state index contributed by atoms with van der Waals surface area (Å²) in [5.41, 5.74) is 0.895. The topological polar surface area (TPSA) is 92.3 Å². The maximum atomic E-state index is 12.8. The number of unbranched alkanes of at least 4 members (excludes halogenated alkanes) is 2. The number of benzene rings is 1. The van der Waals surface area contributed by atoms with Crippen molar-refractivity contribution >= 4 is 23.4 Å². The highest BCUT2D eigenvalue weighted by molar-refractivity contribution is 6.38. The zero-order valence-electron chi connectivity index (χ0n) is 18.7. The fourth-order valence-electron chi connectivity index (χ4n) is 3.28. The van der Waals surface area contributed by atoms with Crippen LogP contribution in [0, 0.1) is 5.92 Å². The second-order valence-electron chi connectivity index (χ2n) is 7.94. The van der Waals surface area contributed by atoms with Crippen molar-refractivity contribution in [2.24, 2.45) is 5.92 Å². The van der Waals surface area contributed by atoms with Gasteiger partial charge in [0.05, 0.1) is 12.1 Å². The monoisotopic (exact) mass is 416 g/mol. The molecule has 0 saturated heterocycles. The minimum absolute atomic E-state index is 0.216. The van der Waals surface area contributed by atoms with Gasteiger partial charge in [-0.15, -0.1) is 0 Å². The normalized spacial score (nSPS) is 13.7. The lowest BCUT2D eigenvalue weighted by Crippen LogP contribution is -2.52. The van der Waals surface area contributed by atoms with Crippen molar-refractivity contribution in [2.45, 2.75) is 84.7 Å². The Labute approximate surface area is 180 Å². The van der Waals surface area contributed by atoms with Crippen molar-refractivity contribution in [2.75, 3.05) is 0 Å². The number of hydrogen-bond donors (Lipinski definition) is 2. The van der Waals surface area contributed by atoms with Gasteiger partial charge in [0.25, 0.3) is 5.91 Å². The van der Waals surface area contributed by atoms with Gasteiger partial charge in [-0.25, -0.2) is 0 Å². The number of amides is 2. The SMILES string of the molecule is CCCCC[C@H](NC(=O)[C@@H](C)CCC)C(=O)C(=O)N[C@@H](Cc1ccccc1)C(C)=O. The van der Waals surface area contributed by atoms with Crippen molar-refractivity contribution in [3.8, 4) is 0 Å². The molecule has 1 aromatic carbocycles. The predicted molar refractivity (Wildman–Crippen MR) is 118 cm³/mol. The number of carbonyl (C=O) groups is 4. The lowest BCUT2D eigenvalue weighted by Gasteiger charge is -2.21. The first-order valence-corrected chi connectivity index (χ1v) is 11.0. The summed E-state index contributed by atoms with van der Waals surface area (Å²) >= 11 is 0. The van der Waals surface area contributed by atoms with Crippen molar-refractivity contribution < 1.29 is 19.2 Å². The van der Waals surface area contributed by atoms with Crippen LogP contribution in [0.5, 0.6) is 0 Å². The predicted octanol–water partition coefficient (Wildman–Crippen LogP) is 3.37. The fourth-order valence-corrected chi connectivity index (χ4v) is 3.28. The number of rotatable bonds is 14. The number of carbonyl (C=O) groups excluding carboxylic acids is 4. The molecule has 0 fully saturated rings. The van der Waals surface area contributed by atoms with Crippen molar-refractivity contribution in [3.05, 3.63) is 35.9 Å². The molecule has 0 radical (unpaired) electrons. The van der Waals surface area contributed by atoms with Crippen LogP contribution < -0.4 is 10.6 Å². The van der Waals surface area contributed by atoms with E-state index in [2.05, 4.69) is 10.6 Å². The molecule has 1 rings (SSSR count). The van der Waals surface area contributed by atoms with Gasteiger partial charge in [0.1, 0.15) is 0 Å². The van der Waals surface area contributed by atoms with Gasteiger partial charge in [-0.1, -0.05) is 76.8 Å². The molecular formula is C24H36N2O4. The third kappa shape index (κ3) is 8.89. The summed E-state index contributed by atoms with van der Waals surface area (Å²) in [4.78, 5) is 49.9. The second-order valence-corrected chi connectivity index (χ2v) is 7.94. The number of Topliss-reactive ketones (excluding diaryl/α,β-unsaturated/α-hetero) is 2. The second kappa shape index (κ2) is 13.7. The standard InChI is InChI=1S/C24H36N2O4/c1-5-7-9-15-20(25-23(29)17(3)12-6-2)22(28)24(30)26-21(18(4)27)16-19-13-10-8-11-14-19/h8,10-11,13-14,17,20-21H,5-7,9,12,15-16H2,1-4H3,(H,25,29)(H,26,30)/t17-,20-,21-/m0/s1. The zero-order valence-corrected chi connectivity index (χ0v) is 18.7. The fraction of sp³-hybridized carbons (Fsp3) is 0.583. The van der Waals surface area contributed by atoms with E-state index in [1.807, 2.05) is 51.1 Å². The smallest absolute Gasteiger partial charge is 0.290 e. The van der Waals surface area contributed by atoms with Gasteiger partial charge in [-0.05, 0) is 31.7 Å². The van der Waals surface area contributed by atoms with E-state index >= 15 is 0 Å². The first-order valence-electron chi connectivity index (χ1n) is 11.0. The molecule has 0 aliphatic rings. The average molecular weight is 417 g/mol. The number of hydrogen-bond acceptors (Lipinski definition) is 4. The van der Waals surface area contributed by atoms with Gasteiger partial charge in [-0.2, -0.15) is 0 Å². The van der Waals surface area contributed by atoms with E-state index in [1.165, 1.54) is 6.92 Å². The zero-order chi connectivity index (χ0) is 22.5. The summed E-state index contributed by atoms with van der Waals surface area (Å²) in [6.45, 7) is 7.26. The van der Waals surface area contributed by atoms with E-state index in [0.717, 1.165) is 37.7 Å². The molecule has 2 amide bonds. The third-order valence-corrected chi connectivity index (χ3v) is 5.20. The van der Waals surface area contributed by atoms with Crippen LogP contribution >= 0.6 is 0 Å². The van der Waals surface area contributed by atoms with Gasteiger partial charge in [0.15, 0.2) is 5.78 Å². The van der Waals surface area contributed by atoms with Crippen LogP contribution in [-0.4, -0.2) is 35.5 Å². The van der Waals surface area contributed by atoms with Crippen LogP contribution in [0.2, 0.25) is 0 Å². The third-order valence-electron chi connectivity index (χ3n) is 5.20. The first-order chi connectivity index (χ1) is 14.3. The molecule has 0 bridgehead atoms. The Morgan fingerprint density at radius 3 is 2.10 bits per heavy atom. The Balaban J connectivity index is 2.84. The lowest BCUT2D eigenvalue weighted by atomic mass is 9.99. The number of nitrogens with one attached hydrogen (secondary N) is 2. The van der Waals surface area contributed by atoms with Crippen LogP contribution in [0.1, 0.15) is 71.8 Å². The van der Waals surface area contributed by atoms with Crippen LogP contribution in [0.3, 0.4) is 0 Å². The van der Waals surface area contributed by atoms with Gasteiger partial charge >= 0.3 is 0 Å². The van der Waals surface area contributed by atoms with Crippen molar-refractivity contribution in [1.82, 2.24) is 10.6 Å². The molecule has 0 aliphatic heterocycles. The lowest BCUT2D eigenvalue weighted by molar-refractivity contribution is -0.141. The quantitative estimate of drug-likeness (QED) is 0.359. The summed E-state index contributed by atoms with van der Waals surface area (Å²) in [6.07, 6.45) is 4.93. The summed E-state index contributed by atoms with van der Waals surface area (Å²) in [5, 5.41) is 5.33. The van der Waals surface area contributed by atoms with Crippen LogP contribution in [0.4, 0.5) is 0 Å². The van der Waals surface area contributed by atoms with E-state index in [-0.39, 0.29) is 17.6 Å². The largest absolute Gasteiger partial charge is 0.345 e. The van der Waals surface area contributed by atoms with Gasteiger partial charge in [0.2, 0.25) is 11.7 Å². The molecule has 30 heavy (non-hydrogen) atoms. The van der Waals surface area contributed by atoms with Crippen LogP contribution in [-0.2, 0) is 25.6 Å². The maximum Gasteiger partial charge on any atom is 0.290 e. The molecule has 6 heteroatoms. The maximum absolute atomic E-state index is 12.8. The summed E-state index contributed by atoms with van der Waals surface area (Å²) < 4.78 is 0. The van der Waals surface area contributed by atoms with Crippen molar-refractivity contribution in [3.63, 3.8) is 0 Å². The Morgan fingerprint density at radius 2 is 1.53 bits per heavy atom. The molecule has 2 N–H and O–H groups in total. The van der Waals surface area contributed by atoms with E-state index in [1.54, 1.807) is 0 Å². The molecule has 166 valence electrons. The highest BCUT2D eigenvalue weighted by Gasteiger charge is 2.30. The van der Waals surface area contributed by atoms with E-state index < -0.39 is 23.8 Å². The summed E-state index contributed by atoms with van der Waals surface area (Å²) in [5.74, 6) is -2.17. The molecule has 0 aromatic heterocycles. The highest BCUT2D eigenvalue weighted by Crippen LogP contribution is 2.10. The van der Waals surface area contributed by atoms with Crippen LogP contribution in [0.15, 0.2) is 30.3 Å². The van der Waals surface area contributed by atoms with Gasteiger partial charge in [-0.3, -0.25) is 19.2 Å². The molecule has 0 heterocycles. The highest BCUT2D eigenvalue weighted by atomic mass is 16.2. The van der Waals surface area contributed by atoms with Gasteiger partial charge < -0.3 is 10.6 Å². The summed E-state index contributed by atoms with van der Waals surface area (Å²) in [6, 6.07) is 7.67. The Morgan fingerprint density at radius 1 is 0.867 bits per heavy atom. The first kappa shape index (κ1) is 25.5. The molecule has 0 aliphatic carbocycles. The number of ketones is 2. The molecule has 0 saturated carbocycles. The summed E-state index contributed by atoms with van der Waals surface area (Å²) in [7, 11) is 0. The van der Waals surface area contributed by atoms with Gasteiger partial charge in [0, 0.05) is 5.92 Å². The van der Waals surface area contributed by atoms with E-state index in [4.69, 9.17) is 0 Å². The Bertz CT molecular complexity index is 702. The molecule has 0 unspecified atom stereocenters. The minimum atomic E-state index is -0.868. The molecule has 1 aromatic rings.